The smallest absolute Gasteiger partial charge is 0.309 e. The van der Waals surface area contributed by atoms with Gasteiger partial charge >= 0.3 is 5.97 Å². The van der Waals surface area contributed by atoms with Gasteiger partial charge in [0.25, 0.3) is 0 Å². The third kappa shape index (κ3) is 2.89. The van der Waals surface area contributed by atoms with Crippen molar-refractivity contribution < 1.29 is 9.90 Å². The van der Waals surface area contributed by atoms with E-state index in [1.54, 1.807) is 0 Å². The lowest BCUT2D eigenvalue weighted by Crippen LogP contribution is -2.33. The number of carboxylic acids is 1. The predicted octanol–water partition coefficient (Wildman–Crippen LogP) is 3.36. The van der Waals surface area contributed by atoms with Crippen LogP contribution in [0.2, 0.25) is 0 Å². The zero-order chi connectivity index (χ0) is 13.0. The van der Waals surface area contributed by atoms with Crippen molar-refractivity contribution in [2.75, 3.05) is 0 Å². The summed E-state index contributed by atoms with van der Waals surface area (Å²) in [6.45, 7) is 2.00. The molecule has 18 heavy (non-hydrogen) atoms. The Morgan fingerprint density at radius 1 is 1.28 bits per heavy atom. The van der Waals surface area contributed by atoms with Crippen molar-refractivity contribution in [1.82, 2.24) is 4.98 Å². The second-order valence-electron chi connectivity index (χ2n) is 5.55. The SMILES string of the molecule is Cc1cncc(CC2(C(=O)O)CCCCCC2)c1. The molecular weight excluding hydrogens is 226 g/mol. The minimum Gasteiger partial charge on any atom is -0.481 e. The number of rotatable bonds is 3. The highest BCUT2D eigenvalue weighted by molar-refractivity contribution is 5.75. The molecule has 1 saturated carbocycles. The molecule has 1 aromatic rings. The summed E-state index contributed by atoms with van der Waals surface area (Å²) in [7, 11) is 0. The Balaban J connectivity index is 2.22. The van der Waals surface area contributed by atoms with Gasteiger partial charge < -0.3 is 5.11 Å². The van der Waals surface area contributed by atoms with E-state index in [4.69, 9.17) is 0 Å². The highest BCUT2D eigenvalue weighted by Gasteiger charge is 2.38. The van der Waals surface area contributed by atoms with Crippen LogP contribution < -0.4 is 0 Å². The lowest BCUT2D eigenvalue weighted by molar-refractivity contribution is -0.149. The zero-order valence-corrected chi connectivity index (χ0v) is 11.0. The Morgan fingerprint density at radius 2 is 1.94 bits per heavy atom. The van der Waals surface area contributed by atoms with Gasteiger partial charge in [0.15, 0.2) is 0 Å². The average molecular weight is 247 g/mol. The van der Waals surface area contributed by atoms with Gasteiger partial charge in [0, 0.05) is 12.4 Å². The highest BCUT2D eigenvalue weighted by atomic mass is 16.4. The largest absolute Gasteiger partial charge is 0.481 e. The van der Waals surface area contributed by atoms with E-state index in [-0.39, 0.29) is 0 Å². The topological polar surface area (TPSA) is 50.2 Å². The van der Waals surface area contributed by atoms with E-state index in [0.29, 0.717) is 6.42 Å². The maximum atomic E-state index is 11.7. The predicted molar refractivity (Wildman–Crippen MR) is 70.4 cm³/mol. The van der Waals surface area contributed by atoms with Crippen molar-refractivity contribution >= 4 is 5.97 Å². The quantitative estimate of drug-likeness (QED) is 0.833. The summed E-state index contributed by atoms with van der Waals surface area (Å²) in [6, 6.07) is 2.06. The maximum absolute atomic E-state index is 11.7. The van der Waals surface area contributed by atoms with Gasteiger partial charge in [-0.15, -0.1) is 0 Å². The molecule has 3 heteroatoms. The van der Waals surface area contributed by atoms with Crippen LogP contribution in [0, 0.1) is 12.3 Å². The summed E-state index contributed by atoms with van der Waals surface area (Å²) >= 11 is 0. The molecular formula is C15H21NO2. The zero-order valence-electron chi connectivity index (χ0n) is 11.0. The van der Waals surface area contributed by atoms with Crippen molar-refractivity contribution in [3.05, 3.63) is 29.6 Å². The van der Waals surface area contributed by atoms with Crippen LogP contribution in [-0.2, 0) is 11.2 Å². The Labute approximate surface area is 108 Å². The summed E-state index contributed by atoms with van der Waals surface area (Å²) in [5.74, 6) is -0.633. The van der Waals surface area contributed by atoms with Crippen molar-refractivity contribution in [2.24, 2.45) is 5.41 Å². The molecule has 0 bridgehead atoms. The molecule has 0 radical (unpaired) electrons. The van der Waals surface area contributed by atoms with Gasteiger partial charge in [-0.1, -0.05) is 31.7 Å². The monoisotopic (exact) mass is 247 g/mol. The van der Waals surface area contributed by atoms with Crippen molar-refractivity contribution in [3.8, 4) is 0 Å². The van der Waals surface area contributed by atoms with Gasteiger partial charge in [0.2, 0.25) is 0 Å². The molecule has 0 amide bonds. The number of pyridine rings is 1. The van der Waals surface area contributed by atoms with Crippen LogP contribution in [-0.4, -0.2) is 16.1 Å². The lowest BCUT2D eigenvalue weighted by atomic mass is 9.75. The Morgan fingerprint density at radius 3 is 2.50 bits per heavy atom. The molecule has 2 rings (SSSR count). The van der Waals surface area contributed by atoms with Crippen LogP contribution >= 0.6 is 0 Å². The summed E-state index contributed by atoms with van der Waals surface area (Å²) in [4.78, 5) is 15.9. The number of carboxylic acid groups (broad SMARTS) is 1. The van der Waals surface area contributed by atoms with Crippen molar-refractivity contribution in [1.29, 1.82) is 0 Å². The van der Waals surface area contributed by atoms with E-state index in [9.17, 15) is 9.90 Å². The number of hydrogen-bond acceptors (Lipinski definition) is 2. The lowest BCUT2D eigenvalue weighted by Gasteiger charge is -2.28. The normalized spacial score (nSPS) is 19.2. The molecule has 1 aromatic heterocycles. The van der Waals surface area contributed by atoms with Gasteiger partial charge in [-0.05, 0) is 37.3 Å². The maximum Gasteiger partial charge on any atom is 0.309 e. The average Bonchev–Trinajstić information content (AvgIpc) is 2.55. The standard InChI is InChI=1S/C15H21NO2/c1-12-8-13(11-16-10-12)9-15(14(17)18)6-4-2-3-5-7-15/h8,10-11H,2-7,9H2,1H3,(H,17,18). The Hall–Kier alpha value is -1.38. The van der Waals surface area contributed by atoms with E-state index in [2.05, 4.69) is 11.1 Å². The van der Waals surface area contributed by atoms with Gasteiger partial charge in [-0.25, -0.2) is 0 Å². The third-order valence-electron chi connectivity index (χ3n) is 3.99. The summed E-state index contributed by atoms with van der Waals surface area (Å²) in [5.41, 5.74) is 1.59. The molecule has 0 atom stereocenters. The van der Waals surface area contributed by atoms with E-state index < -0.39 is 11.4 Å². The molecule has 1 heterocycles. The van der Waals surface area contributed by atoms with Crippen LogP contribution in [0.25, 0.3) is 0 Å². The molecule has 0 saturated heterocycles. The minimum absolute atomic E-state index is 0.564. The fourth-order valence-electron chi connectivity index (χ4n) is 2.98. The summed E-state index contributed by atoms with van der Waals surface area (Å²) in [5, 5.41) is 9.62. The Bertz CT molecular complexity index is 420. The van der Waals surface area contributed by atoms with Crippen LogP contribution in [0.4, 0.5) is 0 Å². The minimum atomic E-state index is -0.633. The molecule has 1 aliphatic rings. The first kappa shape index (κ1) is 13.1. The van der Waals surface area contributed by atoms with Gasteiger partial charge in [-0.2, -0.15) is 0 Å². The molecule has 98 valence electrons. The molecule has 0 spiro atoms. The number of aromatic nitrogens is 1. The van der Waals surface area contributed by atoms with Gasteiger partial charge in [0.05, 0.1) is 5.41 Å². The first-order chi connectivity index (χ1) is 8.62. The second kappa shape index (κ2) is 5.51. The molecule has 1 aliphatic carbocycles. The van der Waals surface area contributed by atoms with Crippen LogP contribution in [0.1, 0.15) is 49.7 Å². The number of aryl methyl sites for hydroxylation is 1. The Kier molecular flexibility index (Phi) is 4.00. The first-order valence-corrected chi connectivity index (χ1v) is 6.76. The molecule has 1 N–H and O–H groups in total. The van der Waals surface area contributed by atoms with E-state index in [1.807, 2.05) is 19.3 Å². The van der Waals surface area contributed by atoms with Crippen LogP contribution in [0.15, 0.2) is 18.5 Å². The molecule has 3 nitrogen and oxygen atoms in total. The summed E-state index contributed by atoms with van der Waals surface area (Å²) in [6.07, 6.45) is 10.2. The number of nitrogens with zero attached hydrogens (tertiary/aromatic N) is 1. The molecule has 0 unspecified atom stereocenters. The van der Waals surface area contributed by atoms with Gasteiger partial charge in [-0.3, -0.25) is 9.78 Å². The van der Waals surface area contributed by atoms with Crippen molar-refractivity contribution in [2.45, 2.75) is 51.9 Å². The highest BCUT2D eigenvalue weighted by Crippen LogP contribution is 2.38. The molecule has 1 fully saturated rings. The van der Waals surface area contributed by atoms with Crippen molar-refractivity contribution in [3.63, 3.8) is 0 Å². The number of aliphatic carboxylic acids is 1. The molecule has 0 aliphatic heterocycles. The third-order valence-corrected chi connectivity index (χ3v) is 3.99. The molecule has 0 aromatic carbocycles. The van der Waals surface area contributed by atoms with E-state index in [0.717, 1.165) is 36.8 Å². The fraction of sp³-hybridized carbons (Fsp3) is 0.600. The fourth-order valence-corrected chi connectivity index (χ4v) is 2.98. The summed E-state index contributed by atoms with van der Waals surface area (Å²) < 4.78 is 0. The van der Waals surface area contributed by atoms with Gasteiger partial charge in [0.1, 0.15) is 0 Å². The second-order valence-corrected chi connectivity index (χ2v) is 5.55. The number of carbonyl (C=O) groups is 1. The van der Waals surface area contributed by atoms with E-state index >= 15 is 0 Å². The first-order valence-electron chi connectivity index (χ1n) is 6.76. The van der Waals surface area contributed by atoms with Crippen LogP contribution in [0.3, 0.4) is 0 Å². The van der Waals surface area contributed by atoms with Crippen LogP contribution in [0.5, 0.6) is 0 Å². The number of hydrogen-bond donors (Lipinski definition) is 1. The van der Waals surface area contributed by atoms with E-state index in [1.165, 1.54) is 12.8 Å².